The zero-order valence-corrected chi connectivity index (χ0v) is 8.24. The Bertz CT molecular complexity index is 480. The molecule has 0 saturated heterocycles. The molecule has 0 bridgehead atoms. The van der Waals surface area contributed by atoms with Gasteiger partial charge in [-0.2, -0.15) is 0 Å². The van der Waals surface area contributed by atoms with E-state index in [9.17, 15) is 4.39 Å². The van der Waals surface area contributed by atoms with Crippen molar-refractivity contribution in [2.75, 3.05) is 5.73 Å². The van der Waals surface area contributed by atoms with E-state index in [1.165, 1.54) is 24.5 Å². The molecule has 3 nitrogen and oxygen atoms in total. The number of nitrogens with zero attached hydrogens (tertiary/aromatic N) is 2. The predicted octanol–water partition coefficient (Wildman–Crippen LogP) is 2.17. The highest BCUT2D eigenvalue weighted by Gasteiger charge is 2.04. The van der Waals surface area contributed by atoms with Crippen LogP contribution in [0.1, 0.15) is 5.56 Å². The molecule has 2 rings (SSSR count). The molecular weight excluding hydrogens is 193 g/mol. The molecule has 15 heavy (non-hydrogen) atoms. The third-order valence-electron chi connectivity index (χ3n) is 2.15. The Kier molecular flexibility index (Phi) is 2.33. The Balaban J connectivity index is 2.53. The number of anilines is 1. The van der Waals surface area contributed by atoms with Gasteiger partial charge in [0.05, 0.1) is 18.1 Å². The van der Waals surface area contributed by atoms with Crippen molar-refractivity contribution >= 4 is 5.82 Å². The molecule has 0 radical (unpaired) electrons. The molecule has 0 aliphatic rings. The van der Waals surface area contributed by atoms with Crippen LogP contribution in [0, 0.1) is 12.7 Å². The van der Waals surface area contributed by atoms with Crippen LogP contribution < -0.4 is 5.73 Å². The van der Waals surface area contributed by atoms with Crippen LogP contribution in [0.3, 0.4) is 0 Å². The molecule has 0 aliphatic carbocycles. The third kappa shape index (κ3) is 1.93. The topological polar surface area (TPSA) is 51.8 Å². The molecule has 0 spiro atoms. The molecule has 0 aliphatic heterocycles. The maximum atomic E-state index is 13.0. The van der Waals surface area contributed by atoms with Gasteiger partial charge in [0.25, 0.3) is 0 Å². The normalized spacial score (nSPS) is 10.3. The smallest absolute Gasteiger partial charge is 0.141 e. The van der Waals surface area contributed by atoms with Gasteiger partial charge in [-0.25, -0.2) is 9.37 Å². The molecule has 0 atom stereocenters. The Morgan fingerprint density at radius 2 is 2.00 bits per heavy atom. The van der Waals surface area contributed by atoms with Crippen molar-refractivity contribution in [3.8, 4) is 11.3 Å². The molecule has 2 N–H and O–H groups in total. The summed E-state index contributed by atoms with van der Waals surface area (Å²) >= 11 is 0. The van der Waals surface area contributed by atoms with Crippen LogP contribution >= 0.6 is 0 Å². The Hall–Kier alpha value is -1.97. The van der Waals surface area contributed by atoms with Crippen molar-refractivity contribution < 1.29 is 4.39 Å². The van der Waals surface area contributed by atoms with Gasteiger partial charge in [-0.3, -0.25) is 4.98 Å². The number of nitrogen functional groups attached to an aromatic ring is 1. The van der Waals surface area contributed by atoms with Crippen molar-refractivity contribution in [2.24, 2.45) is 0 Å². The molecule has 0 fully saturated rings. The first-order valence-electron chi connectivity index (χ1n) is 4.51. The number of rotatable bonds is 1. The second kappa shape index (κ2) is 3.65. The van der Waals surface area contributed by atoms with Crippen LogP contribution in [-0.2, 0) is 0 Å². The first-order chi connectivity index (χ1) is 7.16. The fourth-order valence-electron chi connectivity index (χ4n) is 1.35. The monoisotopic (exact) mass is 203 g/mol. The van der Waals surface area contributed by atoms with Gasteiger partial charge >= 0.3 is 0 Å². The molecule has 76 valence electrons. The maximum Gasteiger partial charge on any atom is 0.141 e. The van der Waals surface area contributed by atoms with Gasteiger partial charge in [0.2, 0.25) is 0 Å². The quantitative estimate of drug-likeness (QED) is 0.772. The number of aryl methyl sites for hydroxylation is 1. The lowest BCUT2D eigenvalue weighted by molar-refractivity contribution is 0.628. The second-order valence-electron chi connectivity index (χ2n) is 3.29. The fraction of sp³-hybridized carbons (Fsp3) is 0.0909. The van der Waals surface area contributed by atoms with E-state index in [-0.39, 0.29) is 5.82 Å². The number of hydrogen-bond donors (Lipinski definition) is 1. The van der Waals surface area contributed by atoms with Gasteiger partial charge in [0.15, 0.2) is 0 Å². The first kappa shape index (κ1) is 9.58. The third-order valence-corrected chi connectivity index (χ3v) is 2.15. The molecule has 1 aromatic heterocycles. The summed E-state index contributed by atoms with van der Waals surface area (Å²) in [4.78, 5) is 8.02. The average Bonchev–Trinajstić information content (AvgIpc) is 2.23. The van der Waals surface area contributed by atoms with E-state index in [1.54, 1.807) is 6.07 Å². The van der Waals surface area contributed by atoms with Crippen molar-refractivity contribution in [3.63, 3.8) is 0 Å². The summed E-state index contributed by atoms with van der Waals surface area (Å²) in [7, 11) is 0. The summed E-state index contributed by atoms with van der Waals surface area (Å²) < 4.78 is 13.0. The van der Waals surface area contributed by atoms with Gasteiger partial charge in [-0.15, -0.1) is 0 Å². The van der Waals surface area contributed by atoms with E-state index in [1.807, 2.05) is 6.92 Å². The number of halogens is 1. The lowest BCUT2D eigenvalue weighted by atomic mass is 10.1. The van der Waals surface area contributed by atoms with Crippen molar-refractivity contribution in [1.29, 1.82) is 0 Å². The Labute approximate surface area is 86.8 Å². The lowest BCUT2D eigenvalue weighted by Gasteiger charge is -2.04. The SMILES string of the molecule is Cc1ccc(F)cc1-c1cnc(N)cn1. The maximum absolute atomic E-state index is 13.0. The van der Waals surface area contributed by atoms with Gasteiger partial charge < -0.3 is 5.73 Å². The van der Waals surface area contributed by atoms with Crippen LogP contribution in [0.4, 0.5) is 10.2 Å². The molecule has 4 heteroatoms. The number of hydrogen-bond acceptors (Lipinski definition) is 3. The van der Waals surface area contributed by atoms with Crippen LogP contribution in [0.2, 0.25) is 0 Å². The summed E-state index contributed by atoms with van der Waals surface area (Å²) in [6, 6.07) is 4.57. The first-order valence-corrected chi connectivity index (χ1v) is 4.51. The van der Waals surface area contributed by atoms with Crippen LogP contribution in [0.25, 0.3) is 11.3 Å². The molecule has 0 unspecified atom stereocenters. The molecule has 2 aromatic rings. The summed E-state index contributed by atoms with van der Waals surface area (Å²) in [6.07, 6.45) is 3.00. The molecule has 1 aromatic carbocycles. The van der Waals surface area contributed by atoms with E-state index in [0.29, 0.717) is 11.5 Å². The second-order valence-corrected chi connectivity index (χ2v) is 3.29. The average molecular weight is 203 g/mol. The Morgan fingerprint density at radius 3 is 2.67 bits per heavy atom. The van der Waals surface area contributed by atoms with E-state index in [4.69, 9.17) is 5.73 Å². The highest BCUT2D eigenvalue weighted by atomic mass is 19.1. The minimum atomic E-state index is -0.283. The summed E-state index contributed by atoms with van der Waals surface area (Å²) in [5, 5.41) is 0. The zero-order valence-electron chi connectivity index (χ0n) is 8.24. The van der Waals surface area contributed by atoms with Crippen molar-refractivity contribution in [1.82, 2.24) is 9.97 Å². The zero-order chi connectivity index (χ0) is 10.8. The molecule has 0 saturated carbocycles. The van der Waals surface area contributed by atoms with E-state index in [0.717, 1.165) is 11.1 Å². The van der Waals surface area contributed by atoms with Crippen LogP contribution in [-0.4, -0.2) is 9.97 Å². The largest absolute Gasteiger partial charge is 0.382 e. The predicted molar refractivity (Wildman–Crippen MR) is 56.6 cm³/mol. The molecular formula is C11H10FN3. The lowest BCUT2D eigenvalue weighted by Crippen LogP contribution is -1.94. The van der Waals surface area contributed by atoms with E-state index >= 15 is 0 Å². The minimum absolute atomic E-state index is 0.283. The van der Waals surface area contributed by atoms with Gasteiger partial charge in [0.1, 0.15) is 11.6 Å². The number of aromatic nitrogens is 2. The molecule has 1 heterocycles. The number of nitrogens with two attached hydrogens (primary N) is 1. The number of benzene rings is 1. The van der Waals surface area contributed by atoms with Gasteiger partial charge in [0, 0.05) is 5.56 Å². The molecule has 0 amide bonds. The highest BCUT2D eigenvalue weighted by molar-refractivity contribution is 5.62. The summed E-state index contributed by atoms with van der Waals surface area (Å²) in [6.45, 7) is 1.90. The van der Waals surface area contributed by atoms with Gasteiger partial charge in [-0.05, 0) is 24.6 Å². The van der Waals surface area contributed by atoms with Crippen LogP contribution in [0.15, 0.2) is 30.6 Å². The summed E-state index contributed by atoms with van der Waals surface area (Å²) in [5.41, 5.74) is 7.74. The Morgan fingerprint density at radius 1 is 1.20 bits per heavy atom. The van der Waals surface area contributed by atoms with Crippen molar-refractivity contribution in [2.45, 2.75) is 6.92 Å². The van der Waals surface area contributed by atoms with E-state index in [2.05, 4.69) is 9.97 Å². The van der Waals surface area contributed by atoms with Crippen molar-refractivity contribution in [3.05, 3.63) is 42.0 Å². The van der Waals surface area contributed by atoms with Gasteiger partial charge in [-0.1, -0.05) is 6.07 Å². The van der Waals surface area contributed by atoms with Crippen LogP contribution in [0.5, 0.6) is 0 Å². The minimum Gasteiger partial charge on any atom is -0.382 e. The summed E-state index contributed by atoms with van der Waals surface area (Å²) in [5.74, 6) is 0.0713. The standard InChI is InChI=1S/C11H10FN3/c1-7-2-3-8(12)4-9(7)10-5-15-11(13)6-14-10/h2-6H,1H3,(H2,13,15). The van der Waals surface area contributed by atoms with E-state index < -0.39 is 0 Å². The fourth-order valence-corrected chi connectivity index (χ4v) is 1.35. The highest BCUT2D eigenvalue weighted by Crippen LogP contribution is 2.21.